The predicted molar refractivity (Wildman–Crippen MR) is 139 cm³/mol. The van der Waals surface area contributed by atoms with Gasteiger partial charge in [-0.05, 0) is 44.1 Å². The smallest absolute Gasteiger partial charge is 0.228 e. The van der Waals surface area contributed by atoms with Crippen molar-refractivity contribution < 1.29 is 8.42 Å². The first-order valence-electron chi connectivity index (χ1n) is 12.2. The third-order valence-electron chi connectivity index (χ3n) is 7.62. The van der Waals surface area contributed by atoms with Crippen molar-refractivity contribution in [1.29, 1.82) is 5.26 Å². The second-order valence-electron chi connectivity index (χ2n) is 10.2. The summed E-state index contributed by atoms with van der Waals surface area (Å²) in [6.45, 7) is 2.62. The zero-order valence-corrected chi connectivity index (χ0v) is 21.8. The molecular weight excluding hydrogens is 498 g/mol. The van der Waals surface area contributed by atoms with Gasteiger partial charge in [0.15, 0.2) is 5.82 Å². The molecule has 4 atom stereocenters. The maximum absolute atomic E-state index is 13.1. The Hall–Kier alpha value is -2.79. The van der Waals surface area contributed by atoms with E-state index in [0.29, 0.717) is 37.7 Å². The standard InChI is InChI=1S/C23H29N9O2S2/c1-13-5-20(30-29-13)26-21-19-3-4-35-22(19)28-23(27-21)31(2)17-6-15-8-18(9-16(7-17)25-15)36(33,34)32-11-14(10-24)12-32/h3-5,14-18,25H,6-9,11-12H2,1-2H3,(H2,26,27,28,29,30)/t15-,16+,17?,18?. The predicted octanol–water partition coefficient (Wildman–Crippen LogP) is 2.34. The van der Waals surface area contributed by atoms with Gasteiger partial charge in [0.25, 0.3) is 0 Å². The molecule has 0 spiro atoms. The molecule has 13 heteroatoms. The highest BCUT2D eigenvalue weighted by atomic mass is 32.2. The molecule has 2 unspecified atom stereocenters. The monoisotopic (exact) mass is 527 g/mol. The number of nitriles is 1. The molecule has 3 saturated heterocycles. The van der Waals surface area contributed by atoms with Crippen LogP contribution in [0.5, 0.6) is 0 Å². The number of fused-ring (bicyclic) bond motifs is 3. The fourth-order valence-electron chi connectivity index (χ4n) is 5.64. The number of aryl methyl sites for hydroxylation is 1. The number of H-pyrrole nitrogens is 1. The number of anilines is 3. The third kappa shape index (κ3) is 4.21. The van der Waals surface area contributed by atoms with Crippen molar-refractivity contribution in [2.75, 3.05) is 30.4 Å². The maximum Gasteiger partial charge on any atom is 0.228 e. The van der Waals surface area contributed by atoms with Gasteiger partial charge < -0.3 is 15.5 Å². The van der Waals surface area contributed by atoms with Gasteiger partial charge in [-0.25, -0.2) is 13.4 Å². The lowest BCUT2D eigenvalue weighted by molar-refractivity contribution is 0.204. The van der Waals surface area contributed by atoms with Gasteiger partial charge >= 0.3 is 0 Å². The van der Waals surface area contributed by atoms with E-state index in [-0.39, 0.29) is 29.3 Å². The first kappa shape index (κ1) is 23.6. The SMILES string of the molecule is Cc1cc(Nc2nc(N(C)C3C[C@@H]4CC(S(=O)(=O)N5CC(C#N)C5)C[C@H](C3)N4)nc3sccc23)n[nH]1. The summed E-state index contributed by atoms with van der Waals surface area (Å²) in [6.07, 6.45) is 2.83. The number of piperidine rings is 2. The normalized spacial score (nSPS) is 26.9. The Morgan fingerprint density at radius 1 is 1.22 bits per heavy atom. The van der Waals surface area contributed by atoms with Crippen LogP contribution in [0.3, 0.4) is 0 Å². The quantitative estimate of drug-likeness (QED) is 0.440. The number of hydrogen-bond acceptors (Lipinski definition) is 10. The van der Waals surface area contributed by atoms with Gasteiger partial charge in [0.2, 0.25) is 16.0 Å². The van der Waals surface area contributed by atoms with Crippen LogP contribution >= 0.6 is 11.3 Å². The lowest BCUT2D eigenvalue weighted by Gasteiger charge is -2.47. The molecule has 0 aliphatic carbocycles. The molecule has 0 amide bonds. The van der Waals surface area contributed by atoms with Gasteiger partial charge in [-0.15, -0.1) is 11.3 Å². The molecule has 3 aliphatic heterocycles. The van der Waals surface area contributed by atoms with Crippen molar-refractivity contribution in [3.05, 3.63) is 23.2 Å². The minimum atomic E-state index is -3.36. The molecule has 2 bridgehead atoms. The minimum absolute atomic E-state index is 0.118. The minimum Gasteiger partial charge on any atom is -0.341 e. The fraction of sp³-hybridized carbons (Fsp3) is 0.565. The highest BCUT2D eigenvalue weighted by Crippen LogP contribution is 2.36. The number of sulfonamides is 1. The van der Waals surface area contributed by atoms with E-state index in [4.69, 9.17) is 15.2 Å². The molecule has 6 heterocycles. The number of nitrogens with zero attached hydrogens (tertiary/aromatic N) is 6. The van der Waals surface area contributed by atoms with E-state index in [2.05, 4.69) is 31.8 Å². The summed E-state index contributed by atoms with van der Waals surface area (Å²) in [5, 5.41) is 25.8. The van der Waals surface area contributed by atoms with Crippen LogP contribution in [0.25, 0.3) is 10.2 Å². The number of hydrogen-bond donors (Lipinski definition) is 3. The summed E-state index contributed by atoms with van der Waals surface area (Å²) in [4.78, 5) is 12.8. The summed E-state index contributed by atoms with van der Waals surface area (Å²) in [5.74, 6) is 1.91. The summed E-state index contributed by atoms with van der Waals surface area (Å²) in [5.41, 5.74) is 0.964. The number of aromatic nitrogens is 4. The molecule has 11 nitrogen and oxygen atoms in total. The highest BCUT2D eigenvalue weighted by molar-refractivity contribution is 7.89. The number of rotatable bonds is 6. The molecule has 0 aromatic carbocycles. The number of aromatic amines is 1. The van der Waals surface area contributed by atoms with Gasteiger partial charge in [-0.1, -0.05) is 0 Å². The Balaban J connectivity index is 1.18. The molecule has 3 aromatic rings. The Labute approximate surface area is 214 Å². The van der Waals surface area contributed by atoms with E-state index < -0.39 is 10.0 Å². The van der Waals surface area contributed by atoms with Crippen LogP contribution in [-0.4, -0.2) is 76.4 Å². The summed E-state index contributed by atoms with van der Waals surface area (Å²) < 4.78 is 27.8. The van der Waals surface area contributed by atoms with Crippen LogP contribution in [-0.2, 0) is 10.0 Å². The van der Waals surface area contributed by atoms with Gasteiger partial charge in [-0.3, -0.25) is 5.10 Å². The Kier molecular flexibility index (Phi) is 5.87. The van der Waals surface area contributed by atoms with Crippen LogP contribution < -0.4 is 15.5 Å². The Morgan fingerprint density at radius 2 is 1.97 bits per heavy atom. The molecule has 3 aromatic heterocycles. The van der Waals surface area contributed by atoms with Crippen molar-refractivity contribution in [3.63, 3.8) is 0 Å². The molecular formula is C23H29N9O2S2. The number of nitrogens with one attached hydrogen (secondary N) is 3. The first-order valence-corrected chi connectivity index (χ1v) is 14.6. The zero-order valence-electron chi connectivity index (χ0n) is 20.2. The molecule has 3 fully saturated rings. The van der Waals surface area contributed by atoms with E-state index in [1.54, 1.807) is 11.3 Å². The van der Waals surface area contributed by atoms with Gasteiger partial charge in [-0.2, -0.15) is 19.6 Å². The molecule has 190 valence electrons. The molecule has 3 N–H and O–H groups in total. The summed E-state index contributed by atoms with van der Waals surface area (Å²) in [6, 6.07) is 6.55. The third-order valence-corrected chi connectivity index (χ3v) is 10.7. The van der Waals surface area contributed by atoms with Gasteiger partial charge in [0.05, 0.1) is 22.6 Å². The maximum atomic E-state index is 13.1. The lowest BCUT2D eigenvalue weighted by atomic mass is 9.83. The average molecular weight is 528 g/mol. The van der Waals surface area contributed by atoms with E-state index >= 15 is 0 Å². The van der Waals surface area contributed by atoms with Crippen molar-refractivity contribution in [2.24, 2.45) is 5.92 Å². The molecule has 36 heavy (non-hydrogen) atoms. The van der Waals surface area contributed by atoms with Crippen LogP contribution in [0, 0.1) is 24.2 Å². The fourth-order valence-corrected chi connectivity index (χ4v) is 8.55. The van der Waals surface area contributed by atoms with E-state index in [1.165, 1.54) is 4.31 Å². The molecule has 0 radical (unpaired) electrons. The Morgan fingerprint density at radius 3 is 2.64 bits per heavy atom. The van der Waals surface area contributed by atoms with Gasteiger partial charge in [0.1, 0.15) is 10.6 Å². The lowest BCUT2D eigenvalue weighted by Crippen LogP contribution is -2.61. The van der Waals surface area contributed by atoms with E-state index in [9.17, 15) is 8.42 Å². The van der Waals surface area contributed by atoms with Crippen molar-refractivity contribution in [2.45, 2.75) is 56.0 Å². The van der Waals surface area contributed by atoms with E-state index in [1.807, 2.05) is 31.5 Å². The Bertz CT molecular complexity index is 1410. The summed E-state index contributed by atoms with van der Waals surface area (Å²) >= 11 is 1.58. The average Bonchev–Trinajstić information content (AvgIpc) is 3.45. The molecule has 6 rings (SSSR count). The van der Waals surface area contributed by atoms with Crippen molar-refractivity contribution in [3.8, 4) is 6.07 Å². The second kappa shape index (κ2) is 8.95. The second-order valence-corrected chi connectivity index (χ2v) is 13.3. The van der Waals surface area contributed by atoms with Crippen molar-refractivity contribution in [1.82, 2.24) is 29.8 Å². The zero-order chi connectivity index (χ0) is 25.0. The molecule has 3 aliphatic rings. The van der Waals surface area contributed by atoms with Crippen LogP contribution in [0.2, 0.25) is 0 Å². The van der Waals surface area contributed by atoms with Crippen LogP contribution in [0.1, 0.15) is 31.4 Å². The highest BCUT2D eigenvalue weighted by Gasteiger charge is 2.46. The number of thiophene rings is 1. The molecule has 0 saturated carbocycles. The van der Waals surface area contributed by atoms with Gasteiger partial charge in [0, 0.05) is 50.0 Å². The van der Waals surface area contributed by atoms with Crippen molar-refractivity contribution >= 4 is 49.2 Å². The van der Waals surface area contributed by atoms with E-state index in [0.717, 1.165) is 34.6 Å². The van der Waals surface area contributed by atoms with Crippen LogP contribution in [0.15, 0.2) is 17.5 Å². The summed E-state index contributed by atoms with van der Waals surface area (Å²) in [7, 11) is -1.34. The first-order chi connectivity index (χ1) is 17.3. The topological polar surface area (TPSA) is 143 Å². The largest absolute Gasteiger partial charge is 0.341 e. The van der Waals surface area contributed by atoms with Crippen LogP contribution in [0.4, 0.5) is 17.6 Å².